The molecule has 0 atom stereocenters. The molecule has 0 aliphatic rings. The van der Waals surface area contributed by atoms with E-state index in [0.717, 1.165) is 17.0 Å². The first-order chi connectivity index (χ1) is 14.0. The van der Waals surface area contributed by atoms with Crippen LogP contribution in [0.15, 0.2) is 36.8 Å². The summed E-state index contributed by atoms with van der Waals surface area (Å²) >= 11 is 0. The van der Waals surface area contributed by atoms with Crippen LogP contribution in [0.5, 0.6) is 5.88 Å². The van der Waals surface area contributed by atoms with E-state index in [-0.39, 0.29) is 0 Å². The number of hydrogen-bond acceptors (Lipinski definition) is 5. The zero-order valence-electron chi connectivity index (χ0n) is 16.1. The molecule has 0 saturated carbocycles. The van der Waals surface area contributed by atoms with Crippen molar-refractivity contribution in [3.8, 4) is 17.6 Å². The number of aromatic nitrogens is 5. The number of nitrogens with one attached hydrogen (secondary N) is 1. The fourth-order valence-electron chi connectivity index (χ4n) is 3.29. The molecule has 4 rings (SSSR count). The number of allylic oxidation sites excluding steroid dienone is 1. The van der Waals surface area contributed by atoms with E-state index < -0.39 is 5.82 Å². The van der Waals surface area contributed by atoms with E-state index in [1.165, 1.54) is 13.3 Å². The lowest BCUT2D eigenvalue weighted by atomic mass is 10.1. The zero-order chi connectivity index (χ0) is 20.5. The van der Waals surface area contributed by atoms with E-state index in [0.29, 0.717) is 34.0 Å². The van der Waals surface area contributed by atoms with Crippen LogP contribution in [-0.2, 0) is 0 Å². The third-order valence-corrected chi connectivity index (χ3v) is 4.69. The highest BCUT2D eigenvalue weighted by atomic mass is 19.1. The molecule has 144 valence electrons. The molecule has 4 heterocycles. The predicted molar refractivity (Wildman–Crippen MR) is 107 cm³/mol. The van der Waals surface area contributed by atoms with E-state index >= 15 is 0 Å². The number of pyridine rings is 2. The summed E-state index contributed by atoms with van der Waals surface area (Å²) in [6, 6.07) is 7.40. The van der Waals surface area contributed by atoms with Gasteiger partial charge < -0.3 is 14.3 Å². The number of hydrogen-bond donors (Lipinski definition) is 1. The number of ether oxygens (including phenoxy) is 1. The summed E-state index contributed by atoms with van der Waals surface area (Å²) in [5.41, 5.74) is 4.56. The summed E-state index contributed by atoms with van der Waals surface area (Å²) in [7, 11) is 1.53. The van der Waals surface area contributed by atoms with Gasteiger partial charge in [0.15, 0.2) is 5.82 Å². The van der Waals surface area contributed by atoms with Crippen LogP contribution >= 0.6 is 0 Å². The van der Waals surface area contributed by atoms with E-state index in [1.54, 1.807) is 35.2 Å². The van der Waals surface area contributed by atoms with Crippen LogP contribution in [0.4, 0.5) is 4.39 Å². The molecule has 1 N–H and O–H groups in total. The summed E-state index contributed by atoms with van der Waals surface area (Å²) in [5, 5.41) is 9.70. The van der Waals surface area contributed by atoms with Crippen molar-refractivity contribution in [2.24, 2.45) is 0 Å². The molecule has 4 aromatic heterocycles. The number of fused-ring (bicyclic) bond motifs is 1. The third kappa shape index (κ3) is 3.23. The van der Waals surface area contributed by atoms with Crippen molar-refractivity contribution in [2.45, 2.75) is 13.8 Å². The number of nitriles is 1. The Bertz CT molecular complexity index is 1290. The normalized spacial score (nSPS) is 11.6. The Kier molecular flexibility index (Phi) is 4.56. The maximum Gasteiger partial charge on any atom is 0.215 e. The van der Waals surface area contributed by atoms with E-state index in [1.807, 2.05) is 19.9 Å². The van der Waals surface area contributed by atoms with E-state index in [9.17, 15) is 9.65 Å². The predicted octanol–water partition coefficient (Wildman–Crippen LogP) is 3.97. The van der Waals surface area contributed by atoms with Crippen LogP contribution in [0.3, 0.4) is 0 Å². The number of methoxy groups -OCH3 is 1. The highest BCUT2D eigenvalue weighted by Crippen LogP contribution is 2.26. The van der Waals surface area contributed by atoms with Gasteiger partial charge in [0.2, 0.25) is 5.88 Å². The fraction of sp³-hybridized carbons (Fsp3) is 0.143. The van der Waals surface area contributed by atoms with Crippen LogP contribution in [0.25, 0.3) is 28.4 Å². The molecule has 0 bridgehead atoms. The maximum atomic E-state index is 14.2. The molecule has 7 nitrogen and oxygen atoms in total. The second-order valence-corrected chi connectivity index (χ2v) is 6.49. The van der Waals surface area contributed by atoms with Crippen molar-refractivity contribution in [1.82, 2.24) is 24.5 Å². The monoisotopic (exact) mass is 388 g/mol. The minimum Gasteiger partial charge on any atom is -0.481 e. The first-order valence-corrected chi connectivity index (χ1v) is 8.82. The molecular weight excluding hydrogens is 371 g/mol. The number of halogens is 1. The topological polar surface area (TPSA) is 92.4 Å². The van der Waals surface area contributed by atoms with Crippen LogP contribution in [0.2, 0.25) is 0 Å². The van der Waals surface area contributed by atoms with Gasteiger partial charge in [0, 0.05) is 23.7 Å². The SMILES string of the molecule is COc1cc2nc(C(C#N)=Cc3cc(C)n(-c4ccncc4F)c3C)[nH]c2cn1. The van der Waals surface area contributed by atoms with Gasteiger partial charge in [-0.15, -0.1) is 0 Å². The average molecular weight is 388 g/mol. The van der Waals surface area contributed by atoms with Gasteiger partial charge in [0.05, 0.1) is 41.8 Å². The first kappa shape index (κ1) is 18.4. The second-order valence-electron chi connectivity index (χ2n) is 6.49. The number of H-pyrrole nitrogens is 1. The Hall–Kier alpha value is -3.99. The maximum absolute atomic E-state index is 14.2. The Labute approximate surface area is 166 Å². The quantitative estimate of drug-likeness (QED) is 0.534. The summed E-state index contributed by atoms with van der Waals surface area (Å²) in [6.45, 7) is 3.76. The standard InChI is InChI=1S/C21H17FN6O/c1-12-6-14(13(2)28(12)19-4-5-24-10-16(19)22)7-15(9-23)21-26-17-8-20(29-3)25-11-18(17)27-21/h4-8,10-11H,1-3H3,(H,26,27). The molecule has 0 fully saturated rings. The average Bonchev–Trinajstić information content (AvgIpc) is 3.26. The van der Waals surface area contributed by atoms with Crippen molar-refractivity contribution in [3.05, 3.63) is 65.4 Å². The minimum atomic E-state index is -0.413. The van der Waals surface area contributed by atoms with E-state index in [2.05, 4.69) is 26.0 Å². The van der Waals surface area contributed by atoms with Crippen LogP contribution in [0, 0.1) is 31.0 Å². The number of nitrogens with zero attached hydrogens (tertiary/aromatic N) is 5. The van der Waals surface area contributed by atoms with Crippen LogP contribution in [0.1, 0.15) is 22.8 Å². The highest BCUT2D eigenvalue weighted by Gasteiger charge is 2.15. The van der Waals surface area contributed by atoms with Gasteiger partial charge in [-0.05, 0) is 37.6 Å². The van der Waals surface area contributed by atoms with Gasteiger partial charge in [-0.1, -0.05) is 0 Å². The van der Waals surface area contributed by atoms with Crippen LogP contribution in [-0.4, -0.2) is 31.6 Å². The van der Waals surface area contributed by atoms with Crippen molar-refractivity contribution >= 4 is 22.7 Å². The molecule has 0 aliphatic carbocycles. The first-order valence-electron chi connectivity index (χ1n) is 8.82. The third-order valence-electron chi connectivity index (χ3n) is 4.69. The van der Waals surface area contributed by atoms with Gasteiger partial charge in [-0.3, -0.25) is 4.98 Å². The minimum absolute atomic E-state index is 0.357. The van der Waals surface area contributed by atoms with Gasteiger partial charge in [-0.25, -0.2) is 14.4 Å². The lowest BCUT2D eigenvalue weighted by molar-refractivity contribution is 0.398. The molecular formula is C21H17FN6O. The molecule has 29 heavy (non-hydrogen) atoms. The second kappa shape index (κ2) is 7.20. The van der Waals surface area contributed by atoms with Gasteiger partial charge in [0.1, 0.15) is 11.9 Å². The Morgan fingerprint density at radius 1 is 1.31 bits per heavy atom. The molecule has 0 radical (unpaired) electrons. The summed E-state index contributed by atoms with van der Waals surface area (Å²) < 4.78 is 21.1. The lowest BCUT2D eigenvalue weighted by Gasteiger charge is -2.10. The number of aryl methyl sites for hydroxylation is 1. The number of aromatic amines is 1. The zero-order valence-corrected chi connectivity index (χ0v) is 16.1. The Morgan fingerprint density at radius 3 is 2.86 bits per heavy atom. The summed E-state index contributed by atoms with van der Waals surface area (Å²) in [5.74, 6) is 0.461. The van der Waals surface area contributed by atoms with Gasteiger partial charge in [-0.2, -0.15) is 5.26 Å². The van der Waals surface area contributed by atoms with Crippen LogP contribution < -0.4 is 4.74 Å². The van der Waals surface area contributed by atoms with Crippen molar-refractivity contribution in [2.75, 3.05) is 7.11 Å². The van der Waals surface area contributed by atoms with E-state index in [4.69, 9.17) is 4.74 Å². The van der Waals surface area contributed by atoms with Crippen molar-refractivity contribution < 1.29 is 9.13 Å². The molecule has 8 heteroatoms. The number of rotatable bonds is 4. The molecule has 0 amide bonds. The van der Waals surface area contributed by atoms with Crippen molar-refractivity contribution in [1.29, 1.82) is 5.26 Å². The molecule has 0 unspecified atom stereocenters. The smallest absolute Gasteiger partial charge is 0.215 e. The van der Waals surface area contributed by atoms with Gasteiger partial charge in [0.25, 0.3) is 0 Å². The fourth-order valence-corrected chi connectivity index (χ4v) is 3.29. The molecule has 0 saturated heterocycles. The lowest BCUT2D eigenvalue weighted by Crippen LogP contribution is -2.02. The molecule has 4 aromatic rings. The largest absolute Gasteiger partial charge is 0.481 e. The Balaban J connectivity index is 1.80. The molecule has 0 spiro atoms. The summed E-state index contributed by atoms with van der Waals surface area (Å²) in [4.78, 5) is 15.5. The van der Waals surface area contributed by atoms with Gasteiger partial charge >= 0.3 is 0 Å². The van der Waals surface area contributed by atoms with Crippen molar-refractivity contribution in [3.63, 3.8) is 0 Å². The number of imidazole rings is 1. The Morgan fingerprint density at radius 2 is 2.14 bits per heavy atom. The molecule has 0 aliphatic heterocycles. The summed E-state index contributed by atoms with van der Waals surface area (Å²) in [6.07, 6.45) is 6.07. The highest BCUT2D eigenvalue weighted by molar-refractivity contribution is 5.90. The molecule has 0 aromatic carbocycles.